The number of rotatable bonds is 1. The highest BCUT2D eigenvalue weighted by molar-refractivity contribution is 5.86. The van der Waals surface area contributed by atoms with Crippen molar-refractivity contribution >= 4 is 5.91 Å². The molecule has 2 rings (SSSR count). The molecule has 1 amide bonds. The van der Waals surface area contributed by atoms with E-state index in [4.69, 9.17) is 5.73 Å². The molecule has 0 unspecified atom stereocenters. The van der Waals surface area contributed by atoms with Crippen LogP contribution in [0.5, 0.6) is 0 Å². The Morgan fingerprint density at radius 3 is 2.14 bits per heavy atom. The molecule has 80 valence electrons. The fourth-order valence-electron chi connectivity index (χ4n) is 2.61. The topological polar surface area (TPSA) is 49.6 Å². The van der Waals surface area contributed by atoms with Gasteiger partial charge in [0.1, 0.15) is 0 Å². The van der Waals surface area contributed by atoms with Crippen LogP contribution in [0, 0.1) is 5.41 Å². The molecule has 2 aliphatic heterocycles. The number of nitrogens with two attached hydrogens (primary N) is 1. The SMILES string of the molecule is CN1CC2(C1)CN(C(=O)C(C)(C)N)C2. The van der Waals surface area contributed by atoms with E-state index in [2.05, 4.69) is 11.9 Å². The number of carbonyl (C=O) groups excluding carboxylic acids is 1. The van der Waals surface area contributed by atoms with E-state index in [1.807, 2.05) is 4.90 Å². The highest BCUT2D eigenvalue weighted by Gasteiger charge is 2.53. The summed E-state index contributed by atoms with van der Waals surface area (Å²) in [7, 11) is 2.11. The van der Waals surface area contributed by atoms with Crippen LogP contribution in [-0.2, 0) is 4.79 Å². The van der Waals surface area contributed by atoms with Crippen molar-refractivity contribution in [2.45, 2.75) is 19.4 Å². The molecular formula is C10H19N3O. The number of likely N-dealkylation sites (tertiary alicyclic amines) is 2. The first kappa shape index (κ1) is 9.93. The summed E-state index contributed by atoms with van der Waals surface area (Å²) in [6, 6.07) is 0. The average Bonchev–Trinajstić information content (AvgIpc) is 1.90. The largest absolute Gasteiger partial charge is 0.340 e. The van der Waals surface area contributed by atoms with E-state index in [1.165, 1.54) is 0 Å². The lowest BCUT2D eigenvalue weighted by Crippen LogP contribution is -2.74. The van der Waals surface area contributed by atoms with Gasteiger partial charge in [-0.1, -0.05) is 0 Å². The van der Waals surface area contributed by atoms with Crippen LogP contribution in [0.3, 0.4) is 0 Å². The first-order valence-corrected chi connectivity index (χ1v) is 5.09. The zero-order valence-electron chi connectivity index (χ0n) is 9.21. The molecule has 2 heterocycles. The molecule has 0 aromatic rings. The maximum Gasteiger partial charge on any atom is 0.242 e. The minimum absolute atomic E-state index is 0.0812. The minimum Gasteiger partial charge on any atom is -0.340 e. The van der Waals surface area contributed by atoms with Crippen molar-refractivity contribution in [3.05, 3.63) is 0 Å². The van der Waals surface area contributed by atoms with Gasteiger partial charge in [-0.25, -0.2) is 0 Å². The fourth-order valence-corrected chi connectivity index (χ4v) is 2.61. The van der Waals surface area contributed by atoms with Crippen molar-refractivity contribution in [2.75, 3.05) is 33.2 Å². The molecule has 0 radical (unpaired) electrons. The van der Waals surface area contributed by atoms with Gasteiger partial charge < -0.3 is 15.5 Å². The lowest BCUT2D eigenvalue weighted by Gasteiger charge is -2.60. The third kappa shape index (κ3) is 1.42. The molecule has 0 aromatic heterocycles. The van der Waals surface area contributed by atoms with Crippen LogP contribution in [0.1, 0.15) is 13.8 Å². The second kappa shape index (κ2) is 2.70. The monoisotopic (exact) mass is 197 g/mol. The summed E-state index contributed by atoms with van der Waals surface area (Å²) >= 11 is 0. The molecule has 0 atom stereocenters. The van der Waals surface area contributed by atoms with Crippen LogP contribution in [0.2, 0.25) is 0 Å². The van der Waals surface area contributed by atoms with E-state index in [9.17, 15) is 4.79 Å². The van der Waals surface area contributed by atoms with Gasteiger partial charge in [0.15, 0.2) is 0 Å². The van der Waals surface area contributed by atoms with Gasteiger partial charge in [0, 0.05) is 31.6 Å². The summed E-state index contributed by atoms with van der Waals surface area (Å²) in [6.45, 7) is 7.59. The molecule has 0 aromatic carbocycles. The zero-order chi connectivity index (χ0) is 10.6. The smallest absolute Gasteiger partial charge is 0.242 e. The van der Waals surface area contributed by atoms with Gasteiger partial charge in [-0.15, -0.1) is 0 Å². The van der Waals surface area contributed by atoms with E-state index in [-0.39, 0.29) is 5.91 Å². The van der Waals surface area contributed by atoms with Crippen LogP contribution >= 0.6 is 0 Å². The van der Waals surface area contributed by atoms with Gasteiger partial charge in [-0.2, -0.15) is 0 Å². The van der Waals surface area contributed by atoms with Crippen LogP contribution in [0.15, 0.2) is 0 Å². The van der Waals surface area contributed by atoms with Crippen molar-refractivity contribution in [2.24, 2.45) is 11.1 Å². The molecule has 2 saturated heterocycles. The molecule has 0 saturated carbocycles. The maximum atomic E-state index is 11.7. The molecule has 1 spiro atoms. The Balaban J connectivity index is 1.86. The van der Waals surface area contributed by atoms with Crippen LogP contribution < -0.4 is 5.73 Å². The molecule has 2 aliphatic rings. The standard InChI is InChI=1S/C10H19N3O/c1-9(2,11)8(14)13-6-10(7-13)4-12(3)5-10/h4-7,11H2,1-3H3. The van der Waals surface area contributed by atoms with Crippen LogP contribution in [0.4, 0.5) is 0 Å². The maximum absolute atomic E-state index is 11.7. The Morgan fingerprint density at radius 1 is 1.29 bits per heavy atom. The van der Waals surface area contributed by atoms with Gasteiger partial charge in [-0.3, -0.25) is 4.79 Å². The highest BCUT2D eigenvalue weighted by Crippen LogP contribution is 2.39. The number of hydrogen-bond donors (Lipinski definition) is 1. The molecule has 0 aliphatic carbocycles. The van der Waals surface area contributed by atoms with Gasteiger partial charge >= 0.3 is 0 Å². The summed E-state index contributed by atoms with van der Waals surface area (Å²) < 4.78 is 0. The summed E-state index contributed by atoms with van der Waals surface area (Å²) in [4.78, 5) is 15.9. The van der Waals surface area contributed by atoms with E-state index in [1.54, 1.807) is 13.8 Å². The van der Waals surface area contributed by atoms with Crippen molar-refractivity contribution in [1.82, 2.24) is 9.80 Å². The quantitative estimate of drug-likeness (QED) is 0.616. The normalized spacial score (nSPS) is 25.9. The first-order chi connectivity index (χ1) is 6.32. The second-order valence-corrected chi connectivity index (χ2v) is 5.56. The number of hydrogen-bond acceptors (Lipinski definition) is 3. The van der Waals surface area contributed by atoms with E-state index in [0.29, 0.717) is 5.41 Å². The third-order valence-electron chi connectivity index (χ3n) is 3.10. The fraction of sp³-hybridized carbons (Fsp3) is 0.900. The van der Waals surface area contributed by atoms with Crippen LogP contribution in [-0.4, -0.2) is 54.5 Å². The predicted molar refractivity (Wildman–Crippen MR) is 54.8 cm³/mol. The van der Waals surface area contributed by atoms with Gasteiger partial charge in [-0.05, 0) is 20.9 Å². The van der Waals surface area contributed by atoms with E-state index >= 15 is 0 Å². The molecule has 14 heavy (non-hydrogen) atoms. The van der Waals surface area contributed by atoms with E-state index in [0.717, 1.165) is 26.2 Å². The first-order valence-electron chi connectivity index (χ1n) is 5.09. The summed E-state index contributed by atoms with van der Waals surface area (Å²) in [5.74, 6) is 0.0812. The van der Waals surface area contributed by atoms with Crippen molar-refractivity contribution < 1.29 is 4.79 Å². The number of carbonyl (C=O) groups is 1. The molecular weight excluding hydrogens is 178 g/mol. The van der Waals surface area contributed by atoms with Gasteiger partial charge in [0.2, 0.25) is 5.91 Å². The Morgan fingerprint density at radius 2 is 1.79 bits per heavy atom. The molecule has 4 nitrogen and oxygen atoms in total. The molecule has 4 heteroatoms. The van der Waals surface area contributed by atoms with Crippen molar-refractivity contribution in [1.29, 1.82) is 0 Å². The van der Waals surface area contributed by atoms with Gasteiger partial charge in [0.05, 0.1) is 5.54 Å². The van der Waals surface area contributed by atoms with Crippen molar-refractivity contribution in [3.63, 3.8) is 0 Å². The minimum atomic E-state index is -0.711. The summed E-state index contributed by atoms with van der Waals surface area (Å²) in [5, 5.41) is 0. The molecule has 2 N–H and O–H groups in total. The number of nitrogens with zero attached hydrogens (tertiary/aromatic N) is 2. The van der Waals surface area contributed by atoms with E-state index < -0.39 is 5.54 Å². The Kier molecular flexibility index (Phi) is 1.92. The van der Waals surface area contributed by atoms with Gasteiger partial charge in [0.25, 0.3) is 0 Å². The lowest BCUT2D eigenvalue weighted by atomic mass is 9.72. The zero-order valence-corrected chi connectivity index (χ0v) is 9.21. The summed E-state index contributed by atoms with van der Waals surface area (Å²) in [5.41, 5.74) is 5.46. The molecule has 0 bridgehead atoms. The highest BCUT2D eigenvalue weighted by atomic mass is 16.2. The Hall–Kier alpha value is -0.610. The lowest BCUT2D eigenvalue weighted by molar-refractivity contribution is -0.161. The second-order valence-electron chi connectivity index (χ2n) is 5.56. The third-order valence-corrected chi connectivity index (χ3v) is 3.10. The van der Waals surface area contributed by atoms with Crippen LogP contribution in [0.25, 0.3) is 0 Å². The summed E-state index contributed by atoms with van der Waals surface area (Å²) in [6.07, 6.45) is 0. The molecule has 2 fully saturated rings. The predicted octanol–water partition coefficient (Wildman–Crippen LogP) is -0.502. The Labute approximate surface area is 85.0 Å². The van der Waals surface area contributed by atoms with Crippen molar-refractivity contribution in [3.8, 4) is 0 Å². The number of amides is 1. The average molecular weight is 197 g/mol. The Bertz CT molecular complexity index is 255.